The average Bonchev–Trinajstić information content (AvgIpc) is 2.43. The molecule has 0 aliphatic heterocycles. The van der Waals surface area contributed by atoms with Crippen LogP contribution in [-0.2, 0) is 28.5 Å². The Morgan fingerprint density at radius 1 is 1.15 bits per heavy atom. The van der Waals surface area contributed by atoms with Crippen LogP contribution >= 0.6 is 0 Å². The van der Waals surface area contributed by atoms with Gasteiger partial charge in [0.15, 0.2) is 6.29 Å². The summed E-state index contributed by atoms with van der Waals surface area (Å²) in [5.41, 5.74) is 0.663. The van der Waals surface area contributed by atoms with Gasteiger partial charge in [-0.05, 0) is 26.7 Å². The maximum absolute atomic E-state index is 11.3. The second kappa shape index (κ2) is 11.4. The average molecular weight is 288 g/mol. The molecule has 1 atom stereocenters. The molecule has 0 fully saturated rings. The molecule has 6 heteroatoms. The number of hydrogen-bond acceptors (Lipinski definition) is 6. The van der Waals surface area contributed by atoms with Gasteiger partial charge in [0.1, 0.15) is 0 Å². The van der Waals surface area contributed by atoms with Crippen LogP contribution in [0.3, 0.4) is 0 Å². The van der Waals surface area contributed by atoms with Crippen molar-refractivity contribution in [3.05, 3.63) is 11.6 Å². The Kier molecular flexibility index (Phi) is 10.6. The van der Waals surface area contributed by atoms with Crippen molar-refractivity contribution in [2.75, 3.05) is 27.4 Å². The van der Waals surface area contributed by atoms with E-state index < -0.39 is 5.97 Å². The summed E-state index contributed by atoms with van der Waals surface area (Å²) in [6.45, 7) is 4.80. The SMILES string of the molecule is CCOC(C)OCCCC(=CC(=O)OC)CC(=O)OC. The fourth-order valence-electron chi connectivity index (χ4n) is 1.53. The maximum Gasteiger partial charge on any atom is 0.330 e. The number of ether oxygens (including phenoxy) is 4. The highest BCUT2D eigenvalue weighted by atomic mass is 16.7. The molecule has 0 aliphatic rings. The van der Waals surface area contributed by atoms with Crippen molar-refractivity contribution in [2.24, 2.45) is 0 Å². The molecule has 0 rings (SSSR count). The molecule has 0 amide bonds. The van der Waals surface area contributed by atoms with Crippen LogP contribution in [-0.4, -0.2) is 45.7 Å². The number of rotatable bonds is 10. The van der Waals surface area contributed by atoms with Crippen LogP contribution in [0.4, 0.5) is 0 Å². The molecule has 0 aliphatic carbocycles. The number of carbonyl (C=O) groups excluding carboxylic acids is 2. The standard InChI is InChI=1S/C14H24O6/c1-5-19-11(2)20-8-6-7-12(9-13(15)17-3)10-14(16)18-4/h9,11H,5-8,10H2,1-4H3. The molecular weight excluding hydrogens is 264 g/mol. The lowest BCUT2D eigenvalue weighted by Gasteiger charge is -2.13. The Morgan fingerprint density at radius 2 is 1.85 bits per heavy atom. The summed E-state index contributed by atoms with van der Waals surface area (Å²) in [7, 11) is 2.60. The smallest absolute Gasteiger partial charge is 0.330 e. The monoisotopic (exact) mass is 288 g/mol. The molecule has 0 bridgehead atoms. The summed E-state index contributed by atoms with van der Waals surface area (Å²) in [6, 6.07) is 0. The first-order valence-corrected chi connectivity index (χ1v) is 6.60. The molecule has 0 heterocycles. The second-order valence-electron chi connectivity index (χ2n) is 4.08. The van der Waals surface area contributed by atoms with Gasteiger partial charge in [0.25, 0.3) is 0 Å². The van der Waals surface area contributed by atoms with Gasteiger partial charge >= 0.3 is 11.9 Å². The number of carbonyl (C=O) groups is 2. The molecule has 6 nitrogen and oxygen atoms in total. The maximum atomic E-state index is 11.3. The molecule has 0 radical (unpaired) electrons. The number of esters is 2. The Morgan fingerprint density at radius 3 is 2.40 bits per heavy atom. The van der Waals surface area contributed by atoms with Crippen LogP contribution in [0.1, 0.15) is 33.1 Å². The van der Waals surface area contributed by atoms with Crippen LogP contribution in [0.5, 0.6) is 0 Å². The first kappa shape index (κ1) is 18.6. The van der Waals surface area contributed by atoms with Crippen molar-refractivity contribution >= 4 is 11.9 Å². The van der Waals surface area contributed by atoms with Crippen LogP contribution in [0.25, 0.3) is 0 Å². The lowest BCUT2D eigenvalue weighted by atomic mass is 10.1. The molecule has 0 saturated heterocycles. The van der Waals surface area contributed by atoms with Gasteiger partial charge in [0.05, 0.1) is 27.2 Å². The van der Waals surface area contributed by atoms with Crippen molar-refractivity contribution in [1.29, 1.82) is 0 Å². The lowest BCUT2D eigenvalue weighted by molar-refractivity contribution is -0.140. The summed E-state index contributed by atoms with van der Waals surface area (Å²) < 4.78 is 19.8. The van der Waals surface area contributed by atoms with E-state index in [-0.39, 0.29) is 18.7 Å². The quantitative estimate of drug-likeness (QED) is 0.264. The van der Waals surface area contributed by atoms with E-state index in [1.54, 1.807) is 0 Å². The summed E-state index contributed by atoms with van der Waals surface area (Å²) in [5.74, 6) is -0.865. The topological polar surface area (TPSA) is 71.1 Å². The zero-order chi connectivity index (χ0) is 15.4. The molecule has 0 aromatic heterocycles. The lowest BCUT2D eigenvalue weighted by Crippen LogP contribution is -2.13. The van der Waals surface area contributed by atoms with Gasteiger partial charge in [0, 0.05) is 12.7 Å². The van der Waals surface area contributed by atoms with E-state index in [2.05, 4.69) is 9.47 Å². The highest BCUT2D eigenvalue weighted by Crippen LogP contribution is 2.12. The minimum atomic E-state index is -0.479. The molecule has 0 aromatic carbocycles. The molecule has 116 valence electrons. The van der Waals surface area contributed by atoms with Crippen LogP contribution in [0, 0.1) is 0 Å². The fourth-order valence-corrected chi connectivity index (χ4v) is 1.53. The Hall–Kier alpha value is -1.40. The van der Waals surface area contributed by atoms with Gasteiger partial charge in [-0.2, -0.15) is 0 Å². The van der Waals surface area contributed by atoms with Crippen molar-refractivity contribution in [3.8, 4) is 0 Å². The predicted octanol–water partition coefficient (Wildman–Crippen LogP) is 1.83. The van der Waals surface area contributed by atoms with Crippen molar-refractivity contribution in [2.45, 2.75) is 39.4 Å². The molecule has 1 unspecified atom stereocenters. The van der Waals surface area contributed by atoms with Crippen LogP contribution < -0.4 is 0 Å². The van der Waals surface area contributed by atoms with E-state index >= 15 is 0 Å². The fraction of sp³-hybridized carbons (Fsp3) is 0.714. The van der Waals surface area contributed by atoms with Crippen LogP contribution in [0.15, 0.2) is 11.6 Å². The van der Waals surface area contributed by atoms with Crippen molar-refractivity contribution in [3.63, 3.8) is 0 Å². The van der Waals surface area contributed by atoms with Gasteiger partial charge in [-0.1, -0.05) is 5.57 Å². The third kappa shape index (κ3) is 9.52. The summed E-state index contributed by atoms with van der Waals surface area (Å²) >= 11 is 0. The van der Waals surface area contributed by atoms with Gasteiger partial charge in [0.2, 0.25) is 0 Å². The summed E-state index contributed by atoms with van der Waals surface area (Å²) in [5, 5.41) is 0. The van der Waals surface area contributed by atoms with E-state index in [1.165, 1.54) is 20.3 Å². The molecule has 0 spiro atoms. The highest BCUT2D eigenvalue weighted by Gasteiger charge is 2.09. The first-order chi connectivity index (χ1) is 9.53. The number of methoxy groups -OCH3 is 2. The second-order valence-corrected chi connectivity index (χ2v) is 4.08. The molecule has 0 aromatic rings. The predicted molar refractivity (Wildman–Crippen MR) is 73.0 cm³/mol. The van der Waals surface area contributed by atoms with Gasteiger partial charge in [-0.15, -0.1) is 0 Å². The van der Waals surface area contributed by atoms with Gasteiger partial charge < -0.3 is 18.9 Å². The Bertz CT molecular complexity index is 324. The van der Waals surface area contributed by atoms with Crippen molar-refractivity contribution in [1.82, 2.24) is 0 Å². The molecule has 0 saturated carbocycles. The van der Waals surface area contributed by atoms with Gasteiger partial charge in [-0.25, -0.2) is 4.79 Å². The Labute approximate surface area is 120 Å². The largest absolute Gasteiger partial charge is 0.469 e. The molecular formula is C14H24O6. The van der Waals surface area contributed by atoms with Crippen LogP contribution in [0.2, 0.25) is 0 Å². The van der Waals surface area contributed by atoms with Crippen molar-refractivity contribution < 1.29 is 28.5 Å². The molecule has 0 N–H and O–H groups in total. The van der Waals surface area contributed by atoms with E-state index in [9.17, 15) is 9.59 Å². The van der Waals surface area contributed by atoms with Gasteiger partial charge in [-0.3, -0.25) is 4.79 Å². The first-order valence-electron chi connectivity index (χ1n) is 6.60. The Balaban J connectivity index is 4.20. The summed E-state index contributed by atoms with van der Waals surface area (Å²) in [6.07, 6.45) is 2.38. The zero-order valence-corrected chi connectivity index (χ0v) is 12.6. The summed E-state index contributed by atoms with van der Waals surface area (Å²) in [4.78, 5) is 22.5. The van der Waals surface area contributed by atoms with E-state index in [4.69, 9.17) is 9.47 Å². The third-order valence-corrected chi connectivity index (χ3v) is 2.52. The number of hydrogen-bond donors (Lipinski definition) is 0. The van der Waals surface area contributed by atoms with E-state index in [1.807, 2.05) is 13.8 Å². The minimum absolute atomic E-state index is 0.0760. The normalized spacial score (nSPS) is 12.9. The third-order valence-electron chi connectivity index (χ3n) is 2.52. The zero-order valence-electron chi connectivity index (χ0n) is 12.6. The highest BCUT2D eigenvalue weighted by molar-refractivity contribution is 5.84. The van der Waals surface area contributed by atoms with E-state index in [0.717, 1.165) is 0 Å². The molecule has 20 heavy (non-hydrogen) atoms. The minimum Gasteiger partial charge on any atom is -0.469 e. The van der Waals surface area contributed by atoms with E-state index in [0.29, 0.717) is 31.6 Å².